The molecule has 0 spiro atoms. The Morgan fingerprint density at radius 2 is 1.85 bits per heavy atom. The fourth-order valence-electron chi connectivity index (χ4n) is 2.60. The van der Waals surface area contributed by atoms with Gasteiger partial charge >= 0.3 is 6.18 Å². The first-order valence-electron chi connectivity index (χ1n) is 6.68. The van der Waals surface area contributed by atoms with Crippen molar-refractivity contribution in [2.45, 2.75) is 38.9 Å². The van der Waals surface area contributed by atoms with Gasteiger partial charge in [-0.25, -0.2) is 0 Å². The minimum Gasteiger partial charge on any atom is -0.342 e. The van der Waals surface area contributed by atoms with Gasteiger partial charge in [-0.05, 0) is 32.0 Å². The van der Waals surface area contributed by atoms with E-state index in [0.29, 0.717) is 12.1 Å². The van der Waals surface area contributed by atoms with Crippen LogP contribution in [0.4, 0.5) is 13.2 Å². The van der Waals surface area contributed by atoms with Crippen LogP contribution in [0.15, 0.2) is 24.3 Å². The van der Waals surface area contributed by atoms with Gasteiger partial charge in [-0.1, -0.05) is 13.0 Å². The van der Waals surface area contributed by atoms with Gasteiger partial charge in [0.1, 0.15) is 0 Å². The number of aromatic nitrogens is 1. The van der Waals surface area contributed by atoms with Gasteiger partial charge in [0.15, 0.2) is 0 Å². The summed E-state index contributed by atoms with van der Waals surface area (Å²) in [5.74, 6) is 0.0193. The molecule has 0 amide bonds. The lowest BCUT2D eigenvalue weighted by Crippen LogP contribution is -2.14. The molecule has 0 saturated carbocycles. The third-order valence-corrected chi connectivity index (χ3v) is 3.59. The number of nitrogens with zero attached hydrogens (tertiary/aromatic N) is 1. The molecular formula is C15H19F3N2. The maximum Gasteiger partial charge on any atom is 0.417 e. The summed E-state index contributed by atoms with van der Waals surface area (Å²) < 4.78 is 41.3. The predicted molar refractivity (Wildman–Crippen MR) is 74.8 cm³/mol. The second-order valence-electron chi connectivity index (χ2n) is 5.41. The molecule has 1 unspecified atom stereocenters. The van der Waals surface area contributed by atoms with E-state index in [2.05, 4.69) is 0 Å². The second-order valence-corrected chi connectivity index (χ2v) is 5.41. The number of benzene rings is 1. The highest BCUT2D eigenvalue weighted by Crippen LogP contribution is 2.38. The van der Waals surface area contributed by atoms with Crippen LogP contribution in [0.5, 0.6) is 0 Å². The minimum absolute atomic E-state index is 0.0193. The number of fused-ring (bicyclic) bond motifs is 1. The Morgan fingerprint density at radius 3 is 2.35 bits per heavy atom. The summed E-state index contributed by atoms with van der Waals surface area (Å²) in [6, 6.07) is 6.04. The standard InChI is InChI=1S/C15H19F3N2/c1-9(2)20-13-6-4-5-12(15(16,17)18)11(13)7-14(20)10(3)8-19/h4-7,9-10H,8,19H2,1-3H3. The summed E-state index contributed by atoms with van der Waals surface area (Å²) in [5.41, 5.74) is 6.57. The summed E-state index contributed by atoms with van der Waals surface area (Å²) in [6.07, 6.45) is -4.34. The van der Waals surface area contributed by atoms with E-state index in [1.54, 1.807) is 12.1 Å². The van der Waals surface area contributed by atoms with Crippen molar-refractivity contribution in [1.29, 1.82) is 0 Å². The molecule has 2 nitrogen and oxygen atoms in total. The lowest BCUT2D eigenvalue weighted by molar-refractivity contribution is -0.136. The van der Waals surface area contributed by atoms with Crippen LogP contribution in [0.3, 0.4) is 0 Å². The summed E-state index contributed by atoms with van der Waals surface area (Å²) in [5, 5.41) is 0.254. The summed E-state index contributed by atoms with van der Waals surface area (Å²) in [4.78, 5) is 0. The van der Waals surface area contributed by atoms with Crippen molar-refractivity contribution in [1.82, 2.24) is 4.57 Å². The molecule has 0 saturated heterocycles. The van der Waals surface area contributed by atoms with Gasteiger partial charge in [0.25, 0.3) is 0 Å². The molecule has 1 aromatic carbocycles. The smallest absolute Gasteiger partial charge is 0.342 e. The molecule has 0 fully saturated rings. The Kier molecular flexibility index (Phi) is 3.82. The van der Waals surface area contributed by atoms with Crippen molar-refractivity contribution in [2.24, 2.45) is 5.73 Å². The molecule has 2 rings (SSSR count). The average molecular weight is 284 g/mol. The lowest BCUT2D eigenvalue weighted by Gasteiger charge is -2.18. The molecule has 5 heteroatoms. The van der Waals surface area contributed by atoms with E-state index in [4.69, 9.17) is 5.73 Å². The van der Waals surface area contributed by atoms with Crippen LogP contribution in [-0.4, -0.2) is 11.1 Å². The molecule has 0 radical (unpaired) electrons. The predicted octanol–water partition coefficient (Wildman–Crippen LogP) is 4.30. The molecule has 1 aromatic heterocycles. The fraction of sp³-hybridized carbons (Fsp3) is 0.467. The van der Waals surface area contributed by atoms with Gasteiger partial charge in [-0.2, -0.15) is 13.2 Å². The first-order valence-corrected chi connectivity index (χ1v) is 6.68. The van der Waals surface area contributed by atoms with Crippen LogP contribution in [0.25, 0.3) is 10.9 Å². The Balaban J connectivity index is 2.80. The van der Waals surface area contributed by atoms with E-state index < -0.39 is 11.7 Å². The van der Waals surface area contributed by atoms with E-state index >= 15 is 0 Å². The van der Waals surface area contributed by atoms with Crippen molar-refractivity contribution < 1.29 is 13.2 Å². The Morgan fingerprint density at radius 1 is 1.20 bits per heavy atom. The molecular weight excluding hydrogens is 265 g/mol. The third-order valence-electron chi connectivity index (χ3n) is 3.59. The van der Waals surface area contributed by atoms with Gasteiger partial charge < -0.3 is 10.3 Å². The van der Waals surface area contributed by atoms with Crippen LogP contribution in [0, 0.1) is 0 Å². The molecule has 20 heavy (non-hydrogen) atoms. The highest BCUT2D eigenvalue weighted by Gasteiger charge is 2.33. The van der Waals surface area contributed by atoms with Crippen LogP contribution >= 0.6 is 0 Å². The van der Waals surface area contributed by atoms with Crippen LogP contribution in [0.2, 0.25) is 0 Å². The summed E-state index contributed by atoms with van der Waals surface area (Å²) in [7, 11) is 0. The molecule has 110 valence electrons. The van der Waals surface area contributed by atoms with Gasteiger partial charge in [0.05, 0.1) is 5.56 Å². The number of nitrogens with two attached hydrogens (primary N) is 1. The zero-order valence-corrected chi connectivity index (χ0v) is 11.8. The van der Waals surface area contributed by atoms with Crippen molar-refractivity contribution in [2.75, 3.05) is 6.54 Å². The quantitative estimate of drug-likeness (QED) is 0.895. The van der Waals surface area contributed by atoms with Crippen molar-refractivity contribution in [3.8, 4) is 0 Å². The number of halogens is 3. The van der Waals surface area contributed by atoms with E-state index in [0.717, 1.165) is 11.8 Å². The highest BCUT2D eigenvalue weighted by molar-refractivity contribution is 5.85. The van der Waals surface area contributed by atoms with Crippen molar-refractivity contribution >= 4 is 10.9 Å². The minimum atomic E-state index is -4.34. The molecule has 1 heterocycles. The number of hydrogen-bond acceptors (Lipinski definition) is 1. The molecule has 0 aliphatic heterocycles. The van der Waals surface area contributed by atoms with Crippen LogP contribution in [0.1, 0.15) is 44.0 Å². The van der Waals surface area contributed by atoms with E-state index in [9.17, 15) is 13.2 Å². The van der Waals surface area contributed by atoms with Gasteiger partial charge in [-0.15, -0.1) is 0 Å². The molecule has 0 bridgehead atoms. The van der Waals surface area contributed by atoms with Crippen molar-refractivity contribution in [3.63, 3.8) is 0 Å². The highest BCUT2D eigenvalue weighted by atomic mass is 19.4. The topological polar surface area (TPSA) is 30.9 Å². The van der Waals surface area contributed by atoms with E-state index in [1.165, 1.54) is 6.07 Å². The van der Waals surface area contributed by atoms with Crippen LogP contribution in [-0.2, 0) is 6.18 Å². The number of alkyl halides is 3. The van der Waals surface area contributed by atoms with E-state index in [-0.39, 0.29) is 17.3 Å². The molecule has 0 aliphatic carbocycles. The molecule has 2 N–H and O–H groups in total. The first kappa shape index (κ1) is 14.9. The number of hydrogen-bond donors (Lipinski definition) is 1. The third kappa shape index (κ3) is 2.42. The largest absolute Gasteiger partial charge is 0.417 e. The van der Waals surface area contributed by atoms with Crippen molar-refractivity contribution in [3.05, 3.63) is 35.5 Å². The average Bonchev–Trinajstić information content (AvgIpc) is 2.75. The molecule has 0 aliphatic rings. The Bertz CT molecular complexity index is 611. The second kappa shape index (κ2) is 5.13. The summed E-state index contributed by atoms with van der Waals surface area (Å²) >= 11 is 0. The van der Waals surface area contributed by atoms with Gasteiger partial charge in [-0.3, -0.25) is 0 Å². The Hall–Kier alpha value is -1.49. The van der Waals surface area contributed by atoms with E-state index in [1.807, 2.05) is 25.3 Å². The Labute approximate surface area is 116 Å². The van der Waals surface area contributed by atoms with Crippen LogP contribution < -0.4 is 5.73 Å². The zero-order chi connectivity index (χ0) is 15.1. The van der Waals surface area contributed by atoms with Gasteiger partial charge in [0, 0.05) is 35.1 Å². The lowest BCUT2D eigenvalue weighted by atomic mass is 10.1. The number of rotatable bonds is 3. The summed E-state index contributed by atoms with van der Waals surface area (Å²) in [6.45, 7) is 6.27. The zero-order valence-electron chi connectivity index (χ0n) is 11.8. The normalized spacial score (nSPS) is 14.2. The fourth-order valence-corrected chi connectivity index (χ4v) is 2.60. The monoisotopic (exact) mass is 284 g/mol. The first-order chi connectivity index (χ1) is 9.27. The van der Waals surface area contributed by atoms with Gasteiger partial charge in [0.2, 0.25) is 0 Å². The molecule has 1 atom stereocenters. The molecule has 2 aromatic rings. The maximum absolute atomic E-state index is 13.1. The maximum atomic E-state index is 13.1. The SMILES string of the molecule is CC(CN)c1cc2c(C(F)(F)F)cccc2n1C(C)C.